The number of carboxylic acid groups (broad SMARTS) is 2. The van der Waals surface area contributed by atoms with Crippen LogP contribution in [0, 0.1) is 10.1 Å². The summed E-state index contributed by atoms with van der Waals surface area (Å²) in [6.07, 6.45) is -1.83. The number of phenolic OH excluding ortho intramolecular Hbond substituents is 1. The number of nitro benzene ring substituents is 1. The van der Waals surface area contributed by atoms with Gasteiger partial charge in [-0.3, -0.25) is 10.1 Å². The molecule has 0 heterocycles. The second-order valence-electron chi connectivity index (χ2n) is 2.17. The molecule has 0 spiro atoms. The van der Waals surface area contributed by atoms with Crippen LogP contribution in [0.4, 0.5) is 10.5 Å². The molecule has 16 heavy (non-hydrogen) atoms. The van der Waals surface area contributed by atoms with Crippen molar-refractivity contribution in [2.45, 2.75) is 0 Å². The molecule has 0 aliphatic heterocycles. The molecule has 0 aliphatic carbocycles. The molecule has 7 nitrogen and oxygen atoms in total. The summed E-state index contributed by atoms with van der Waals surface area (Å²) >= 11 is 3.06. The molecule has 84 valence electrons. The minimum atomic E-state index is -1.83. The average Bonchev–Trinajstić information content (AvgIpc) is 2.01. The SMILES string of the molecule is O=C(O)O.O=[N+]([O-])c1ccc(Br)cc1O.[CsH]. The van der Waals surface area contributed by atoms with Gasteiger partial charge in [-0.1, -0.05) is 15.9 Å². The van der Waals surface area contributed by atoms with Gasteiger partial charge in [-0.05, 0) is 6.07 Å². The van der Waals surface area contributed by atoms with Crippen molar-refractivity contribution in [3.8, 4) is 5.75 Å². The number of nitrogens with zero attached hydrogens (tertiary/aromatic N) is 1. The zero-order valence-electron chi connectivity index (χ0n) is 7.12. The molecule has 1 rings (SSSR count). The van der Waals surface area contributed by atoms with E-state index in [1.165, 1.54) is 18.2 Å². The Morgan fingerprint density at radius 3 is 2.12 bits per heavy atom. The second-order valence-corrected chi connectivity index (χ2v) is 3.09. The van der Waals surface area contributed by atoms with Crippen molar-refractivity contribution < 1.29 is 25.0 Å². The first-order valence-electron chi connectivity index (χ1n) is 3.39. The van der Waals surface area contributed by atoms with Crippen molar-refractivity contribution >= 4 is 96.7 Å². The Kier molecular flexibility index (Phi) is 10.8. The van der Waals surface area contributed by atoms with Gasteiger partial charge >= 0.3 is 80.7 Å². The molecule has 3 N–H and O–H groups in total. The Morgan fingerprint density at radius 2 is 1.81 bits per heavy atom. The van der Waals surface area contributed by atoms with Gasteiger partial charge in [0, 0.05) is 16.6 Å². The third-order valence-electron chi connectivity index (χ3n) is 1.13. The molecule has 0 atom stereocenters. The summed E-state index contributed by atoms with van der Waals surface area (Å²) in [5, 5.41) is 33.1. The van der Waals surface area contributed by atoms with Gasteiger partial charge in [-0.25, -0.2) is 4.79 Å². The van der Waals surface area contributed by atoms with Crippen molar-refractivity contribution in [2.24, 2.45) is 0 Å². The number of aromatic hydroxyl groups is 1. The summed E-state index contributed by atoms with van der Waals surface area (Å²) in [6, 6.07) is 4.01. The molecular formula is C7H7BrCsNO6. The molecule has 0 radical (unpaired) electrons. The normalized spacial score (nSPS) is 8.06. The number of phenols is 1. The molecule has 1 aromatic rings. The van der Waals surface area contributed by atoms with Crippen molar-refractivity contribution in [1.29, 1.82) is 0 Å². The first kappa shape index (κ1) is 18.6. The molecule has 0 saturated heterocycles. The second kappa shape index (κ2) is 9.27. The van der Waals surface area contributed by atoms with Crippen LogP contribution in [0.15, 0.2) is 22.7 Å². The maximum atomic E-state index is 10.2. The van der Waals surface area contributed by atoms with E-state index in [-0.39, 0.29) is 80.3 Å². The molecule has 0 aliphatic rings. The van der Waals surface area contributed by atoms with E-state index in [1.807, 2.05) is 0 Å². The minimum absolute atomic E-state index is 0. The molecule has 1 aromatic carbocycles. The van der Waals surface area contributed by atoms with Crippen LogP contribution < -0.4 is 0 Å². The van der Waals surface area contributed by atoms with Crippen LogP contribution in [-0.2, 0) is 0 Å². The van der Waals surface area contributed by atoms with Crippen molar-refractivity contribution in [1.82, 2.24) is 0 Å². The fraction of sp³-hybridized carbons (Fsp3) is 0. The predicted octanol–water partition coefficient (Wildman–Crippen LogP) is 1.64. The van der Waals surface area contributed by atoms with E-state index in [0.717, 1.165) is 0 Å². The van der Waals surface area contributed by atoms with Crippen LogP contribution in [-0.4, -0.2) is 95.3 Å². The fourth-order valence-corrected chi connectivity index (χ4v) is 1.000. The Hall–Kier alpha value is 0.222. The third-order valence-corrected chi connectivity index (χ3v) is 1.63. The first-order chi connectivity index (χ1) is 6.84. The maximum absolute atomic E-state index is 10.2. The van der Waals surface area contributed by atoms with Gasteiger partial charge in [0.05, 0.1) is 4.92 Å². The van der Waals surface area contributed by atoms with E-state index in [1.54, 1.807) is 0 Å². The van der Waals surface area contributed by atoms with Gasteiger partial charge in [-0.2, -0.15) is 0 Å². The van der Waals surface area contributed by atoms with E-state index >= 15 is 0 Å². The third kappa shape index (κ3) is 8.38. The van der Waals surface area contributed by atoms with E-state index in [4.69, 9.17) is 20.1 Å². The molecule has 0 fully saturated rings. The summed E-state index contributed by atoms with van der Waals surface area (Å²) in [5.41, 5.74) is -0.284. The summed E-state index contributed by atoms with van der Waals surface area (Å²) in [4.78, 5) is 18.1. The standard InChI is InChI=1S/C6H4BrNO3.CH2O3.Cs.H/c7-4-1-2-5(8(10)11)6(9)3-4;2-1(3)4;;/h1-3,9H;(H2,2,3,4);;. The van der Waals surface area contributed by atoms with Crippen molar-refractivity contribution in [2.75, 3.05) is 0 Å². The van der Waals surface area contributed by atoms with Gasteiger partial charge in [0.2, 0.25) is 0 Å². The van der Waals surface area contributed by atoms with E-state index in [0.29, 0.717) is 4.47 Å². The summed E-state index contributed by atoms with van der Waals surface area (Å²) in [5.74, 6) is -0.329. The van der Waals surface area contributed by atoms with Crippen LogP contribution >= 0.6 is 15.9 Å². The molecule has 0 bridgehead atoms. The van der Waals surface area contributed by atoms with Crippen molar-refractivity contribution in [3.05, 3.63) is 32.8 Å². The monoisotopic (exact) mass is 413 g/mol. The van der Waals surface area contributed by atoms with Crippen LogP contribution in [0.5, 0.6) is 5.75 Å². The van der Waals surface area contributed by atoms with Crippen LogP contribution in [0.2, 0.25) is 0 Å². The number of hydrogen-bond donors (Lipinski definition) is 3. The molecule has 0 aromatic heterocycles. The van der Waals surface area contributed by atoms with Crippen LogP contribution in [0.25, 0.3) is 0 Å². The average molecular weight is 414 g/mol. The van der Waals surface area contributed by atoms with Crippen LogP contribution in [0.1, 0.15) is 0 Å². The van der Waals surface area contributed by atoms with Gasteiger partial charge < -0.3 is 15.3 Å². The summed E-state index contributed by atoms with van der Waals surface area (Å²) in [7, 11) is 0. The number of nitro groups is 1. The molecule has 0 amide bonds. The van der Waals surface area contributed by atoms with Gasteiger partial charge in [-0.15, -0.1) is 0 Å². The van der Waals surface area contributed by atoms with Crippen molar-refractivity contribution in [3.63, 3.8) is 0 Å². The number of benzene rings is 1. The quantitative estimate of drug-likeness (QED) is 0.475. The van der Waals surface area contributed by atoms with Gasteiger partial charge in [0.25, 0.3) is 0 Å². The predicted molar refractivity (Wildman–Crippen MR) is 60.3 cm³/mol. The van der Waals surface area contributed by atoms with Gasteiger partial charge in [0.15, 0.2) is 5.75 Å². The Morgan fingerprint density at radius 1 is 1.38 bits per heavy atom. The molecular weight excluding hydrogens is 407 g/mol. The number of rotatable bonds is 1. The number of hydrogen-bond acceptors (Lipinski definition) is 4. The fourth-order valence-electron chi connectivity index (χ4n) is 0.651. The Bertz CT molecular complexity index is 381. The van der Waals surface area contributed by atoms with E-state index in [2.05, 4.69) is 15.9 Å². The Balaban J connectivity index is 0. The summed E-state index contributed by atoms with van der Waals surface area (Å²) < 4.78 is 0.612. The van der Waals surface area contributed by atoms with E-state index in [9.17, 15) is 10.1 Å². The molecule has 9 heteroatoms. The summed E-state index contributed by atoms with van der Waals surface area (Å²) in [6.45, 7) is 0. The Labute approximate surface area is 157 Å². The topological polar surface area (TPSA) is 121 Å². The molecule has 0 unspecified atom stereocenters. The first-order valence-corrected chi connectivity index (χ1v) is 4.18. The zero-order valence-corrected chi connectivity index (χ0v) is 8.71. The van der Waals surface area contributed by atoms with Crippen LogP contribution in [0.3, 0.4) is 0 Å². The number of carbonyl (C=O) groups is 1. The van der Waals surface area contributed by atoms with Gasteiger partial charge in [0.1, 0.15) is 0 Å². The number of halogens is 1. The zero-order chi connectivity index (χ0) is 12.0. The van der Waals surface area contributed by atoms with E-state index < -0.39 is 11.1 Å². The molecule has 0 saturated carbocycles.